The minimum atomic E-state index is 0.144. The fraction of sp³-hybridized carbons (Fsp3) is 0.500. The average Bonchev–Trinajstić information content (AvgIpc) is 3.32. The van der Waals surface area contributed by atoms with Crippen LogP contribution in [0.3, 0.4) is 0 Å². The number of rotatable bonds is 4. The Labute approximate surface area is 210 Å². The van der Waals surface area contributed by atoms with E-state index < -0.39 is 0 Å². The number of benzene rings is 1. The van der Waals surface area contributed by atoms with Crippen molar-refractivity contribution in [3.8, 4) is 6.07 Å². The first-order valence-corrected chi connectivity index (χ1v) is 13.3. The molecule has 0 amide bonds. The Kier molecular flexibility index (Phi) is 6.29. The highest BCUT2D eigenvalue weighted by Gasteiger charge is 2.30. The minimum absolute atomic E-state index is 0.144. The molecule has 0 saturated carbocycles. The van der Waals surface area contributed by atoms with Gasteiger partial charge in [0, 0.05) is 87.5 Å². The van der Waals surface area contributed by atoms with Gasteiger partial charge in [-0.15, -0.1) is 11.3 Å². The van der Waals surface area contributed by atoms with E-state index in [-0.39, 0.29) is 12.2 Å². The molecular weight excluding hydrogens is 458 g/mol. The molecule has 182 valence electrons. The summed E-state index contributed by atoms with van der Waals surface area (Å²) in [5.41, 5.74) is 3.83. The number of fused-ring (bicyclic) bond motifs is 2. The molecule has 0 bridgehead atoms. The van der Waals surface area contributed by atoms with Crippen LogP contribution in [0.5, 0.6) is 0 Å². The van der Waals surface area contributed by atoms with E-state index in [2.05, 4.69) is 50.1 Å². The Hall–Kier alpha value is -2.77. The molecule has 6 rings (SSSR count). The van der Waals surface area contributed by atoms with Crippen molar-refractivity contribution in [3.05, 3.63) is 46.6 Å². The van der Waals surface area contributed by atoms with Crippen LogP contribution in [0.15, 0.2) is 30.5 Å². The number of anilines is 2. The number of aromatic nitrogens is 2. The first kappa shape index (κ1) is 22.7. The molecule has 2 aromatic heterocycles. The van der Waals surface area contributed by atoms with Gasteiger partial charge in [0.1, 0.15) is 6.07 Å². The molecule has 0 aliphatic carbocycles. The molecule has 3 aromatic rings. The number of thiazole rings is 1. The first-order chi connectivity index (χ1) is 17.2. The smallest absolute Gasteiger partial charge is 0.185 e. The van der Waals surface area contributed by atoms with Gasteiger partial charge in [-0.25, -0.2) is 4.98 Å². The van der Waals surface area contributed by atoms with Crippen LogP contribution in [0, 0.1) is 11.3 Å². The molecule has 35 heavy (non-hydrogen) atoms. The number of nitrogens with zero attached hydrogens (tertiary/aromatic N) is 6. The largest absolute Gasteiger partial charge is 0.370 e. The summed E-state index contributed by atoms with van der Waals surface area (Å²) in [5, 5.41) is 15.2. The molecule has 9 heteroatoms. The van der Waals surface area contributed by atoms with E-state index in [1.54, 1.807) is 6.20 Å². The minimum Gasteiger partial charge on any atom is -0.370 e. The molecule has 2 saturated heterocycles. The third-order valence-corrected chi connectivity index (χ3v) is 8.39. The molecule has 1 aromatic carbocycles. The van der Waals surface area contributed by atoms with Gasteiger partial charge in [-0.2, -0.15) is 5.26 Å². The number of morpholine rings is 1. The van der Waals surface area contributed by atoms with Gasteiger partial charge in [0.15, 0.2) is 5.13 Å². The lowest BCUT2D eigenvalue weighted by molar-refractivity contribution is -0.0327. The molecule has 3 aliphatic heterocycles. The van der Waals surface area contributed by atoms with Crippen LogP contribution in [0.1, 0.15) is 23.1 Å². The summed E-state index contributed by atoms with van der Waals surface area (Å²) in [6.07, 6.45) is 3.10. The predicted octanol–water partition coefficient (Wildman–Crippen LogP) is 2.62. The zero-order chi connectivity index (χ0) is 23.8. The Bertz CT molecular complexity index is 1220. The summed E-state index contributed by atoms with van der Waals surface area (Å²) in [6.45, 7) is 10.8. The summed E-state index contributed by atoms with van der Waals surface area (Å²) in [5.74, 6) is 0. The summed E-state index contributed by atoms with van der Waals surface area (Å²) >= 11 is 1.86. The Balaban J connectivity index is 1.11. The van der Waals surface area contributed by atoms with Crippen LogP contribution in [0.25, 0.3) is 10.9 Å². The van der Waals surface area contributed by atoms with E-state index in [1.165, 1.54) is 15.7 Å². The van der Waals surface area contributed by atoms with Crippen molar-refractivity contribution < 1.29 is 4.74 Å². The summed E-state index contributed by atoms with van der Waals surface area (Å²) in [6, 6.07) is 10.3. The van der Waals surface area contributed by atoms with Crippen molar-refractivity contribution in [2.45, 2.75) is 32.1 Å². The van der Waals surface area contributed by atoms with Gasteiger partial charge in [-0.05, 0) is 31.2 Å². The van der Waals surface area contributed by atoms with Crippen molar-refractivity contribution in [3.63, 3.8) is 0 Å². The van der Waals surface area contributed by atoms with Gasteiger partial charge < -0.3 is 19.9 Å². The normalized spacial score (nSPS) is 23.3. The molecular formula is C26H31N7OS. The highest BCUT2D eigenvalue weighted by molar-refractivity contribution is 7.15. The zero-order valence-corrected chi connectivity index (χ0v) is 20.9. The van der Waals surface area contributed by atoms with E-state index in [0.717, 1.165) is 81.9 Å². The van der Waals surface area contributed by atoms with Crippen LogP contribution < -0.4 is 15.1 Å². The van der Waals surface area contributed by atoms with Crippen molar-refractivity contribution in [2.75, 3.05) is 62.2 Å². The monoisotopic (exact) mass is 489 g/mol. The maximum absolute atomic E-state index is 9.50. The number of piperazine rings is 1. The van der Waals surface area contributed by atoms with Gasteiger partial charge in [0.2, 0.25) is 0 Å². The third kappa shape index (κ3) is 4.59. The Morgan fingerprint density at radius 3 is 2.89 bits per heavy atom. The number of hydrogen-bond donors (Lipinski definition) is 1. The first-order valence-electron chi connectivity index (χ1n) is 12.5. The van der Waals surface area contributed by atoms with E-state index in [9.17, 15) is 5.26 Å². The molecule has 2 atom stereocenters. The van der Waals surface area contributed by atoms with Crippen molar-refractivity contribution in [1.82, 2.24) is 20.2 Å². The predicted molar refractivity (Wildman–Crippen MR) is 139 cm³/mol. The van der Waals surface area contributed by atoms with Crippen LogP contribution in [0.4, 0.5) is 10.8 Å². The zero-order valence-electron chi connectivity index (χ0n) is 20.1. The lowest BCUT2D eigenvalue weighted by Crippen LogP contribution is -2.54. The molecule has 1 N–H and O–H groups in total. The third-order valence-electron chi connectivity index (χ3n) is 7.23. The maximum Gasteiger partial charge on any atom is 0.185 e. The quantitative estimate of drug-likeness (QED) is 0.599. The molecule has 0 spiro atoms. The lowest BCUT2D eigenvalue weighted by Gasteiger charge is -2.42. The van der Waals surface area contributed by atoms with Crippen LogP contribution >= 0.6 is 11.3 Å². The van der Waals surface area contributed by atoms with E-state index in [1.807, 2.05) is 23.5 Å². The van der Waals surface area contributed by atoms with Gasteiger partial charge >= 0.3 is 0 Å². The number of hydrogen-bond acceptors (Lipinski definition) is 9. The highest BCUT2D eigenvalue weighted by atomic mass is 32.1. The number of ether oxygens (including phenoxy) is 1. The second-order valence-corrected chi connectivity index (χ2v) is 10.8. The van der Waals surface area contributed by atoms with Gasteiger partial charge in [0.05, 0.1) is 29.0 Å². The fourth-order valence-electron chi connectivity index (χ4n) is 5.52. The van der Waals surface area contributed by atoms with Crippen LogP contribution in [0.2, 0.25) is 0 Å². The lowest BCUT2D eigenvalue weighted by atomic mass is 10.1. The molecule has 2 unspecified atom stereocenters. The number of nitrogens with one attached hydrogen (secondary N) is 1. The van der Waals surface area contributed by atoms with Crippen molar-refractivity contribution in [2.24, 2.45) is 0 Å². The SMILES string of the molecule is CC1CN(c2ccc(C#N)c3ncccc23)CC(CN2CCN(c3nc4c(s3)CNCC4)CC2)O1. The summed E-state index contributed by atoms with van der Waals surface area (Å²) in [4.78, 5) is 18.2. The standard InChI is InChI=1S/C26H31N7OS/c1-18-15-33(23-5-4-19(13-27)25-21(23)3-2-7-29-25)17-20(34-18)16-31-9-11-32(12-10-31)26-30-22-6-8-28-14-24(22)35-26/h2-5,7,18,20,28H,6,8-12,14-17H2,1H3. The average molecular weight is 490 g/mol. The molecule has 8 nitrogen and oxygen atoms in total. The van der Waals surface area contributed by atoms with Crippen LogP contribution in [-0.2, 0) is 17.7 Å². The highest BCUT2D eigenvalue weighted by Crippen LogP contribution is 2.31. The second kappa shape index (κ2) is 9.70. The fourth-order valence-corrected chi connectivity index (χ4v) is 6.65. The Morgan fingerprint density at radius 1 is 1.17 bits per heavy atom. The Morgan fingerprint density at radius 2 is 2.06 bits per heavy atom. The number of pyridine rings is 1. The van der Waals surface area contributed by atoms with E-state index in [4.69, 9.17) is 9.72 Å². The molecule has 0 radical (unpaired) electrons. The summed E-state index contributed by atoms with van der Waals surface area (Å²) in [7, 11) is 0. The van der Waals surface area contributed by atoms with Gasteiger partial charge in [-0.1, -0.05) is 0 Å². The van der Waals surface area contributed by atoms with Gasteiger partial charge in [-0.3, -0.25) is 9.88 Å². The van der Waals surface area contributed by atoms with Crippen molar-refractivity contribution in [1.29, 1.82) is 5.26 Å². The van der Waals surface area contributed by atoms with E-state index >= 15 is 0 Å². The topological polar surface area (TPSA) is 80.6 Å². The maximum atomic E-state index is 9.50. The molecule has 2 fully saturated rings. The number of nitriles is 1. The second-order valence-electron chi connectivity index (χ2n) is 9.70. The van der Waals surface area contributed by atoms with E-state index in [0.29, 0.717) is 5.56 Å². The van der Waals surface area contributed by atoms with Crippen molar-refractivity contribution >= 4 is 33.1 Å². The van der Waals surface area contributed by atoms with Crippen LogP contribution in [-0.4, -0.2) is 79.4 Å². The molecule has 3 aliphatic rings. The molecule has 5 heterocycles. The summed E-state index contributed by atoms with van der Waals surface area (Å²) < 4.78 is 6.38. The van der Waals surface area contributed by atoms with Gasteiger partial charge in [0.25, 0.3) is 0 Å².